The van der Waals surface area contributed by atoms with E-state index < -0.39 is 6.03 Å². The Bertz CT molecular complexity index is 217. The largest absolute Gasteiger partial charge is 0.365 e. The van der Waals surface area contributed by atoms with Crippen LogP contribution in [0.15, 0.2) is 5.29 Å². The molecular formula is C9H17N3O3. The molecule has 1 saturated carbocycles. The van der Waals surface area contributed by atoms with Crippen molar-refractivity contribution in [3.8, 4) is 0 Å². The average molecular weight is 215 g/mol. The Balaban J connectivity index is 2.26. The molecule has 1 rings (SSSR count). The average Bonchev–Trinajstić information content (AvgIpc) is 2.31. The topological polar surface area (TPSA) is 71.0 Å². The second-order valence-electron chi connectivity index (χ2n) is 3.71. The molecule has 0 radical (unpaired) electrons. The minimum Gasteiger partial charge on any atom is -0.338 e. The second-order valence-corrected chi connectivity index (χ2v) is 3.71. The van der Waals surface area contributed by atoms with E-state index in [4.69, 9.17) is 4.84 Å². The van der Waals surface area contributed by atoms with Crippen LogP contribution < -0.4 is 5.32 Å². The monoisotopic (exact) mass is 215 g/mol. The molecule has 0 aromatic rings. The number of amides is 2. The van der Waals surface area contributed by atoms with Crippen LogP contribution in [0.3, 0.4) is 0 Å². The third kappa shape index (κ3) is 3.83. The summed E-state index contributed by atoms with van der Waals surface area (Å²) in [6.07, 6.45) is 5.85. The van der Waals surface area contributed by atoms with E-state index in [1.54, 1.807) is 0 Å². The Morgan fingerprint density at radius 3 is 2.67 bits per heavy atom. The number of hydrogen-bond donors (Lipinski definition) is 1. The molecular weight excluding hydrogens is 198 g/mol. The fraction of sp³-hybridized carbons (Fsp3) is 0.889. The van der Waals surface area contributed by atoms with Gasteiger partial charge in [-0.1, -0.05) is 19.3 Å². The first-order valence-corrected chi connectivity index (χ1v) is 5.26. The maximum Gasteiger partial charge on any atom is 0.365 e. The zero-order valence-electron chi connectivity index (χ0n) is 8.94. The molecule has 0 heterocycles. The molecule has 0 atom stereocenters. The van der Waals surface area contributed by atoms with E-state index in [2.05, 4.69) is 10.6 Å². The molecule has 1 aliphatic carbocycles. The summed E-state index contributed by atoms with van der Waals surface area (Å²) in [7, 11) is 1.42. The van der Waals surface area contributed by atoms with Crippen molar-refractivity contribution in [3.63, 3.8) is 0 Å². The van der Waals surface area contributed by atoms with Crippen LogP contribution in [0.4, 0.5) is 4.79 Å². The lowest BCUT2D eigenvalue weighted by atomic mass is 9.90. The minimum atomic E-state index is -0.638. The molecule has 2 amide bonds. The quantitative estimate of drug-likeness (QED) is 0.574. The predicted molar refractivity (Wildman–Crippen MR) is 54.6 cm³/mol. The van der Waals surface area contributed by atoms with Gasteiger partial charge in [0.25, 0.3) is 0 Å². The molecule has 0 bridgehead atoms. The molecule has 15 heavy (non-hydrogen) atoms. The first-order valence-electron chi connectivity index (χ1n) is 5.26. The van der Waals surface area contributed by atoms with Gasteiger partial charge in [0.15, 0.2) is 0 Å². The number of rotatable bonds is 4. The molecule has 1 aliphatic rings. The molecule has 0 aromatic carbocycles. The Kier molecular flexibility index (Phi) is 5.03. The summed E-state index contributed by atoms with van der Waals surface area (Å²) < 4.78 is 0. The Labute approximate surface area is 88.9 Å². The highest BCUT2D eigenvalue weighted by molar-refractivity contribution is 5.72. The van der Waals surface area contributed by atoms with Crippen molar-refractivity contribution in [2.45, 2.75) is 32.1 Å². The maximum atomic E-state index is 11.0. The van der Waals surface area contributed by atoms with Crippen molar-refractivity contribution in [3.05, 3.63) is 4.91 Å². The van der Waals surface area contributed by atoms with Crippen molar-refractivity contribution in [1.29, 1.82) is 0 Å². The van der Waals surface area contributed by atoms with Crippen molar-refractivity contribution in [2.75, 3.05) is 13.7 Å². The number of nitrogens with one attached hydrogen (secondary N) is 1. The van der Waals surface area contributed by atoms with Gasteiger partial charge in [0.2, 0.25) is 0 Å². The van der Waals surface area contributed by atoms with E-state index in [0.717, 1.165) is 12.8 Å². The summed E-state index contributed by atoms with van der Waals surface area (Å²) in [5.41, 5.74) is 0. The molecule has 6 nitrogen and oxygen atoms in total. The number of urea groups is 1. The third-order valence-corrected chi connectivity index (χ3v) is 2.62. The summed E-state index contributed by atoms with van der Waals surface area (Å²) in [6, 6.07) is -0.638. The summed E-state index contributed by atoms with van der Waals surface area (Å²) in [4.78, 5) is 26.3. The minimum absolute atomic E-state index is 0.388. The smallest absolute Gasteiger partial charge is 0.338 e. The lowest BCUT2D eigenvalue weighted by Gasteiger charge is -2.22. The second kappa shape index (κ2) is 6.34. The van der Waals surface area contributed by atoms with Gasteiger partial charge in [0.1, 0.15) is 0 Å². The number of hydrogen-bond acceptors (Lipinski definition) is 4. The molecule has 0 aliphatic heterocycles. The summed E-state index contributed by atoms with van der Waals surface area (Å²) in [5.74, 6) is 0.438. The van der Waals surface area contributed by atoms with Gasteiger partial charge in [0, 0.05) is 7.05 Å². The van der Waals surface area contributed by atoms with Gasteiger partial charge in [-0.05, 0) is 23.9 Å². The van der Waals surface area contributed by atoms with Crippen LogP contribution in [0, 0.1) is 10.8 Å². The highest BCUT2D eigenvalue weighted by atomic mass is 16.7. The van der Waals surface area contributed by atoms with Crippen LogP contribution in [0.1, 0.15) is 32.1 Å². The fourth-order valence-corrected chi connectivity index (χ4v) is 1.74. The number of nitrogens with zero attached hydrogens (tertiary/aromatic N) is 2. The van der Waals surface area contributed by atoms with Crippen LogP contribution in [0.5, 0.6) is 0 Å². The van der Waals surface area contributed by atoms with Crippen molar-refractivity contribution in [1.82, 2.24) is 10.5 Å². The molecule has 6 heteroatoms. The first kappa shape index (κ1) is 11.9. The molecule has 0 aromatic heterocycles. The molecule has 86 valence electrons. The van der Waals surface area contributed by atoms with E-state index in [1.807, 2.05) is 0 Å². The lowest BCUT2D eigenvalue weighted by Crippen LogP contribution is -2.35. The number of hydroxylamine groups is 1. The SMILES string of the molecule is CNC(=O)N(N=O)OCC1CCCCC1. The molecule has 0 unspecified atom stereocenters. The van der Waals surface area contributed by atoms with Gasteiger partial charge in [-0.2, -0.15) is 0 Å². The Morgan fingerprint density at radius 2 is 2.13 bits per heavy atom. The van der Waals surface area contributed by atoms with Crippen LogP contribution in [-0.2, 0) is 4.84 Å². The van der Waals surface area contributed by atoms with Gasteiger partial charge in [0.05, 0.1) is 11.9 Å². The van der Waals surface area contributed by atoms with Crippen LogP contribution >= 0.6 is 0 Å². The van der Waals surface area contributed by atoms with E-state index in [1.165, 1.54) is 26.3 Å². The Morgan fingerprint density at radius 1 is 1.47 bits per heavy atom. The molecule has 0 spiro atoms. The van der Waals surface area contributed by atoms with Crippen LogP contribution in [0.25, 0.3) is 0 Å². The highest BCUT2D eigenvalue weighted by Gasteiger charge is 2.18. The zero-order chi connectivity index (χ0) is 11.1. The Hall–Kier alpha value is -1.17. The zero-order valence-corrected chi connectivity index (χ0v) is 8.94. The van der Waals surface area contributed by atoms with Gasteiger partial charge in [-0.25, -0.2) is 9.63 Å². The maximum absolute atomic E-state index is 11.0. The van der Waals surface area contributed by atoms with Gasteiger partial charge in [-0.3, -0.25) is 0 Å². The fourth-order valence-electron chi connectivity index (χ4n) is 1.74. The normalized spacial score (nSPS) is 17.1. The number of carbonyl (C=O) groups is 1. The van der Waals surface area contributed by atoms with Crippen LogP contribution in [0.2, 0.25) is 0 Å². The lowest BCUT2D eigenvalue weighted by molar-refractivity contribution is -0.133. The van der Waals surface area contributed by atoms with Crippen molar-refractivity contribution in [2.24, 2.45) is 11.2 Å². The van der Waals surface area contributed by atoms with Gasteiger partial charge < -0.3 is 5.32 Å². The van der Waals surface area contributed by atoms with Crippen LogP contribution in [-0.4, -0.2) is 24.9 Å². The van der Waals surface area contributed by atoms with Gasteiger partial charge >= 0.3 is 6.03 Å². The molecule has 1 fully saturated rings. The summed E-state index contributed by atoms with van der Waals surface area (Å²) in [5, 5.41) is 5.23. The van der Waals surface area contributed by atoms with Crippen molar-refractivity contribution < 1.29 is 9.63 Å². The van der Waals surface area contributed by atoms with E-state index in [-0.39, 0.29) is 0 Å². The highest BCUT2D eigenvalue weighted by Crippen LogP contribution is 2.23. The predicted octanol–water partition coefficient (Wildman–Crippen LogP) is 1.82. The molecule has 1 N–H and O–H groups in total. The number of carbonyl (C=O) groups excluding carboxylic acids is 1. The third-order valence-electron chi connectivity index (χ3n) is 2.62. The molecule has 0 saturated heterocycles. The van der Waals surface area contributed by atoms with E-state index in [9.17, 15) is 9.70 Å². The van der Waals surface area contributed by atoms with Crippen molar-refractivity contribution >= 4 is 6.03 Å². The van der Waals surface area contributed by atoms with Gasteiger partial charge in [-0.15, -0.1) is 4.91 Å². The van der Waals surface area contributed by atoms with E-state index >= 15 is 0 Å². The summed E-state index contributed by atoms with van der Waals surface area (Å²) >= 11 is 0. The standard InChI is InChI=1S/C9H17N3O3/c1-10-9(13)12(11-14)15-7-8-5-3-2-4-6-8/h8H,2-7H2,1H3,(H,10,13). The summed E-state index contributed by atoms with van der Waals surface area (Å²) in [6.45, 7) is 0.388. The number of nitroso groups, excluding NO2 is 1. The first-order chi connectivity index (χ1) is 7.27. The van der Waals surface area contributed by atoms with E-state index in [0.29, 0.717) is 17.7 Å².